The van der Waals surface area contributed by atoms with Crippen molar-refractivity contribution < 1.29 is 4.79 Å². The highest BCUT2D eigenvalue weighted by molar-refractivity contribution is 9.10. The number of hydrogen-bond acceptors (Lipinski definition) is 3. The van der Waals surface area contributed by atoms with Gasteiger partial charge in [-0.25, -0.2) is 4.98 Å². The summed E-state index contributed by atoms with van der Waals surface area (Å²) in [6, 6.07) is 5.60. The van der Waals surface area contributed by atoms with E-state index in [1.165, 1.54) is 11.3 Å². The largest absolute Gasteiger partial charge is 0.346 e. The quantitative estimate of drug-likeness (QED) is 0.946. The van der Waals surface area contributed by atoms with Crippen LogP contribution < -0.4 is 5.32 Å². The molecule has 1 aromatic carbocycles. The maximum absolute atomic E-state index is 12.0. The zero-order valence-corrected chi connectivity index (χ0v) is 11.6. The molecule has 1 amide bonds. The molecule has 0 aliphatic rings. The van der Waals surface area contributed by atoms with Gasteiger partial charge in [-0.3, -0.25) is 4.79 Å². The first-order valence-corrected chi connectivity index (χ1v) is 6.77. The summed E-state index contributed by atoms with van der Waals surface area (Å²) in [6.07, 6.45) is 1.73. The fourth-order valence-electron chi connectivity index (χ4n) is 1.44. The molecule has 0 fully saturated rings. The summed E-state index contributed by atoms with van der Waals surface area (Å²) in [5.74, 6) is -0.0704. The smallest absolute Gasteiger partial charge is 0.251 e. The molecular formula is C12H11BrN2OS. The third-order valence-electron chi connectivity index (χ3n) is 2.40. The van der Waals surface area contributed by atoms with E-state index < -0.39 is 0 Å². The highest BCUT2D eigenvalue weighted by Crippen LogP contribution is 2.19. The molecule has 1 heterocycles. The SMILES string of the molecule is Cc1c(Br)cccc1C(=O)NCc1nccs1. The highest BCUT2D eigenvalue weighted by Gasteiger charge is 2.10. The van der Waals surface area contributed by atoms with Gasteiger partial charge in [-0.2, -0.15) is 0 Å². The molecule has 0 unspecified atom stereocenters. The second-order valence-corrected chi connectivity index (χ2v) is 5.35. The molecule has 3 nitrogen and oxygen atoms in total. The van der Waals surface area contributed by atoms with Crippen LogP contribution in [0.25, 0.3) is 0 Å². The summed E-state index contributed by atoms with van der Waals surface area (Å²) in [5.41, 5.74) is 1.64. The van der Waals surface area contributed by atoms with Crippen molar-refractivity contribution in [3.8, 4) is 0 Å². The standard InChI is InChI=1S/C12H11BrN2OS/c1-8-9(3-2-4-10(8)13)12(16)15-7-11-14-5-6-17-11/h2-6H,7H2,1H3,(H,15,16). The van der Waals surface area contributed by atoms with Crippen LogP contribution in [-0.4, -0.2) is 10.9 Å². The van der Waals surface area contributed by atoms with Gasteiger partial charge in [-0.15, -0.1) is 11.3 Å². The fraction of sp³-hybridized carbons (Fsp3) is 0.167. The molecule has 88 valence electrons. The Balaban J connectivity index is 2.07. The zero-order valence-electron chi connectivity index (χ0n) is 9.24. The van der Waals surface area contributed by atoms with Gasteiger partial charge in [0.1, 0.15) is 5.01 Å². The van der Waals surface area contributed by atoms with Crippen LogP contribution in [0.1, 0.15) is 20.9 Å². The molecular weight excluding hydrogens is 300 g/mol. The summed E-state index contributed by atoms with van der Waals surface area (Å²) < 4.78 is 0.944. The third-order valence-corrected chi connectivity index (χ3v) is 4.03. The van der Waals surface area contributed by atoms with E-state index in [1.807, 2.05) is 30.5 Å². The molecule has 0 spiro atoms. The van der Waals surface area contributed by atoms with Gasteiger partial charge in [0.15, 0.2) is 0 Å². The van der Waals surface area contributed by atoms with Crippen molar-refractivity contribution in [1.29, 1.82) is 0 Å². The van der Waals surface area contributed by atoms with Crippen LogP contribution in [0.2, 0.25) is 0 Å². The van der Waals surface area contributed by atoms with Crippen LogP contribution in [0, 0.1) is 6.92 Å². The minimum atomic E-state index is -0.0704. The first-order valence-electron chi connectivity index (χ1n) is 5.10. The number of nitrogens with zero attached hydrogens (tertiary/aromatic N) is 1. The molecule has 0 aliphatic carbocycles. The maximum Gasteiger partial charge on any atom is 0.251 e. The van der Waals surface area contributed by atoms with Crippen molar-refractivity contribution >= 4 is 33.2 Å². The van der Waals surface area contributed by atoms with Crippen LogP contribution in [0.3, 0.4) is 0 Å². The topological polar surface area (TPSA) is 42.0 Å². The molecule has 0 saturated heterocycles. The Hall–Kier alpha value is -1.20. The summed E-state index contributed by atoms with van der Waals surface area (Å²) in [7, 11) is 0. The first kappa shape index (κ1) is 12.3. The number of halogens is 1. The minimum Gasteiger partial charge on any atom is -0.346 e. The van der Waals surface area contributed by atoms with Crippen molar-refractivity contribution in [2.75, 3.05) is 0 Å². The van der Waals surface area contributed by atoms with E-state index in [2.05, 4.69) is 26.2 Å². The number of rotatable bonds is 3. The number of benzene rings is 1. The lowest BCUT2D eigenvalue weighted by Gasteiger charge is -2.07. The lowest BCUT2D eigenvalue weighted by molar-refractivity contribution is 0.0950. The summed E-state index contributed by atoms with van der Waals surface area (Å²) >= 11 is 4.95. The number of nitrogens with one attached hydrogen (secondary N) is 1. The van der Waals surface area contributed by atoms with Crippen LogP contribution in [0.15, 0.2) is 34.2 Å². The first-order chi connectivity index (χ1) is 8.18. The lowest BCUT2D eigenvalue weighted by Crippen LogP contribution is -2.23. The predicted octanol–water partition coefficient (Wildman–Crippen LogP) is 3.14. The molecule has 1 N–H and O–H groups in total. The number of hydrogen-bond donors (Lipinski definition) is 1. The number of amides is 1. The fourth-order valence-corrected chi connectivity index (χ4v) is 2.37. The second-order valence-electron chi connectivity index (χ2n) is 3.52. The molecule has 1 aromatic heterocycles. The zero-order chi connectivity index (χ0) is 12.3. The third kappa shape index (κ3) is 2.92. The van der Waals surface area contributed by atoms with Gasteiger partial charge in [0.25, 0.3) is 5.91 Å². The molecule has 2 aromatic rings. The molecule has 5 heteroatoms. The van der Waals surface area contributed by atoms with E-state index in [0.29, 0.717) is 12.1 Å². The van der Waals surface area contributed by atoms with Crippen molar-refractivity contribution in [1.82, 2.24) is 10.3 Å². The highest BCUT2D eigenvalue weighted by atomic mass is 79.9. The lowest BCUT2D eigenvalue weighted by atomic mass is 10.1. The van der Waals surface area contributed by atoms with E-state index in [9.17, 15) is 4.79 Å². The minimum absolute atomic E-state index is 0.0704. The molecule has 0 bridgehead atoms. The van der Waals surface area contributed by atoms with Crippen molar-refractivity contribution in [2.24, 2.45) is 0 Å². The molecule has 2 rings (SSSR count). The molecule has 0 saturated carbocycles. The number of carbonyl (C=O) groups is 1. The Morgan fingerprint density at radius 1 is 1.53 bits per heavy atom. The summed E-state index contributed by atoms with van der Waals surface area (Å²) in [5, 5.41) is 5.66. The Bertz CT molecular complexity index is 525. The van der Waals surface area contributed by atoms with Gasteiger partial charge in [-0.1, -0.05) is 22.0 Å². The average Bonchev–Trinajstić information content (AvgIpc) is 2.82. The second kappa shape index (κ2) is 5.42. The van der Waals surface area contributed by atoms with E-state index in [0.717, 1.165) is 15.0 Å². The number of thiazole rings is 1. The van der Waals surface area contributed by atoms with E-state index in [4.69, 9.17) is 0 Å². The van der Waals surface area contributed by atoms with Gasteiger partial charge in [0.05, 0.1) is 6.54 Å². The van der Waals surface area contributed by atoms with E-state index in [-0.39, 0.29) is 5.91 Å². The van der Waals surface area contributed by atoms with Gasteiger partial charge in [0, 0.05) is 21.6 Å². The van der Waals surface area contributed by atoms with Crippen molar-refractivity contribution in [3.05, 3.63) is 50.4 Å². The normalized spacial score (nSPS) is 10.2. The van der Waals surface area contributed by atoms with Gasteiger partial charge in [0.2, 0.25) is 0 Å². The Kier molecular flexibility index (Phi) is 3.91. The molecule has 0 radical (unpaired) electrons. The molecule has 17 heavy (non-hydrogen) atoms. The molecule has 0 atom stereocenters. The van der Waals surface area contributed by atoms with Crippen LogP contribution in [0.4, 0.5) is 0 Å². The molecule has 0 aliphatic heterocycles. The van der Waals surface area contributed by atoms with Gasteiger partial charge in [-0.05, 0) is 24.6 Å². The van der Waals surface area contributed by atoms with Crippen molar-refractivity contribution in [3.63, 3.8) is 0 Å². The number of carbonyl (C=O) groups excluding carboxylic acids is 1. The Labute approximate surface area is 112 Å². The summed E-state index contributed by atoms with van der Waals surface area (Å²) in [6.45, 7) is 2.39. The summed E-state index contributed by atoms with van der Waals surface area (Å²) in [4.78, 5) is 16.1. The monoisotopic (exact) mass is 310 g/mol. The maximum atomic E-state index is 12.0. The van der Waals surface area contributed by atoms with Crippen molar-refractivity contribution in [2.45, 2.75) is 13.5 Å². The van der Waals surface area contributed by atoms with E-state index >= 15 is 0 Å². The Morgan fingerprint density at radius 2 is 2.35 bits per heavy atom. The average molecular weight is 311 g/mol. The van der Waals surface area contributed by atoms with E-state index in [1.54, 1.807) is 6.20 Å². The number of aromatic nitrogens is 1. The van der Waals surface area contributed by atoms with Crippen LogP contribution in [-0.2, 0) is 6.54 Å². The van der Waals surface area contributed by atoms with Crippen LogP contribution >= 0.6 is 27.3 Å². The predicted molar refractivity (Wildman–Crippen MR) is 72.2 cm³/mol. The van der Waals surface area contributed by atoms with Gasteiger partial charge < -0.3 is 5.32 Å². The van der Waals surface area contributed by atoms with Gasteiger partial charge >= 0.3 is 0 Å². The Morgan fingerprint density at radius 3 is 3.06 bits per heavy atom. The van der Waals surface area contributed by atoms with Crippen LogP contribution in [0.5, 0.6) is 0 Å².